The lowest BCUT2D eigenvalue weighted by Gasteiger charge is -2.29. The smallest absolute Gasteiger partial charge is 0.355 e. The number of phenolic OH excluding ortho intramolecular Hbond substituents is 1. The van der Waals surface area contributed by atoms with E-state index in [2.05, 4.69) is 25.6 Å². The molecule has 11 rings (SSSR count). The molecule has 4 amide bonds. The summed E-state index contributed by atoms with van der Waals surface area (Å²) in [5.41, 5.74) is 8.54. The van der Waals surface area contributed by atoms with E-state index < -0.39 is 77.6 Å². The van der Waals surface area contributed by atoms with Gasteiger partial charge >= 0.3 is 5.97 Å². The number of nitrogens with two attached hydrogens (primary N) is 1. The molecule has 2 aliphatic rings. The number of aromatic carboxylic acids is 1. The fraction of sp³-hybridized carbons (Fsp3) is 0.241. The summed E-state index contributed by atoms with van der Waals surface area (Å²) in [4.78, 5) is 118. The molecule has 9 heterocycles. The predicted molar refractivity (Wildman–Crippen MR) is 304 cm³/mol. The minimum Gasteiger partial charge on any atom is -0.508 e. The van der Waals surface area contributed by atoms with Crippen LogP contribution < -0.4 is 16.4 Å². The molecule has 81 heavy (non-hydrogen) atoms. The minimum absolute atomic E-state index is 0.000680. The van der Waals surface area contributed by atoms with E-state index in [1.165, 1.54) is 55.8 Å². The molecular formula is C54H45N11O10S6. The number of benzene rings is 2. The van der Waals surface area contributed by atoms with E-state index in [1.807, 2.05) is 6.92 Å². The van der Waals surface area contributed by atoms with Crippen LogP contribution >= 0.6 is 68.0 Å². The van der Waals surface area contributed by atoms with Crippen LogP contribution in [0.25, 0.3) is 43.4 Å². The average molecular weight is 1200 g/mol. The second-order valence-electron chi connectivity index (χ2n) is 19.2. The molecule has 7 aromatic heterocycles. The van der Waals surface area contributed by atoms with E-state index >= 15 is 4.79 Å². The van der Waals surface area contributed by atoms with Crippen molar-refractivity contribution in [1.82, 2.24) is 50.4 Å². The zero-order chi connectivity index (χ0) is 56.8. The number of Topliss-reactive ketones (excluding diaryl/α,β-unsaturated/α-hetero) is 1. The number of primary amides is 1. The van der Waals surface area contributed by atoms with Gasteiger partial charge in [0.05, 0.1) is 41.4 Å². The summed E-state index contributed by atoms with van der Waals surface area (Å²) in [6.45, 7) is 3.40. The number of nitrogens with zero attached hydrogens (tertiary/aromatic N) is 8. The number of pyridine rings is 1. The van der Waals surface area contributed by atoms with Gasteiger partial charge in [0, 0.05) is 68.6 Å². The maximum Gasteiger partial charge on any atom is 0.355 e. The van der Waals surface area contributed by atoms with Gasteiger partial charge in [-0.3, -0.25) is 24.0 Å². The molecular weight excluding hydrogens is 1160 g/mol. The van der Waals surface area contributed by atoms with E-state index in [0.29, 0.717) is 64.4 Å². The first-order chi connectivity index (χ1) is 39.0. The highest BCUT2D eigenvalue weighted by Gasteiger charge is 2.45. The normalized spacial score (nSPS) is 20.1. The SMILES string of the molecule is Cc1sc2nc1C(=O)C[C@@H]([C@H](O)c1ccccc1)c1nc(cs1)C(=O)N[C@@H](Cc1ccc(O)cc1)C(=O)N1C[C@H](O)[C@H](C)[C@H]1c1nc(cs1)-c1nc(cs1)-c1nc(-c3nc(C(=O)O)cs3)ccc1-c1nc(cs1)C(=O)N[C@H]2CC(N)=O. The van der Waals surface area contributed by atoms with E-state index in [4.69, 9.17) is 25.7 Å². The summed E-state index contributed by atoms with van der Waals surface area (Å²) in [6.07, 6.45) is -3.01. The number of carboxylic acids is 1. The summed E-state index contributed by atoms with van der Waals surface area (Å²) >= 11 is 6.88. The third-order valence-corrected chi connectivity index (χ3v) is 19.3. The monoisotopic (exact) mass is 1200 g/mol. The number of hydrogen-bond acceptors (Lipinski definition) is 22. The standard InChI is InChI=1S/C54H45N11O10S6/c1-23-39(68)17-65-43(23)52-62-36(21-80-52)50-59-33(18-78-50)42-28(12-13-30(56-42)49-63-37(22-79-49)54(74)75)47-60-34(19-76-47)45(71)57-31(16-40(55)69)51-64-41(24(2)81-51)38(67)15-29(44(70)26-6-4-3-5-7-26)48-61-35(20-77-48)46(72)58-32(53(65)73)14-25-8-10-27(66)11-9-25/h3-13,18-23,29,31-32,39,43-44,66,68,70H,14-17H2,1-2H3,(H2,55,69)(H,57,71)(H,58,72)(H,74,75)/t23-,29-,31-,32-,39-,43-,44+/m0/s1. The van der Waals surface area contributed by atoms with Gasteiger partial charge in [-0.2, -0.15) is 0 Å². The predicted octanol–water partition coefficient (Wildman–Crippen LogP) is 7.87. The molecule has 0 unspecified atom stereocenters. The Morgan fingerprint density at radius 1 is 0.704 bits per heavy atom. The van der Waals surface area contributed by atoms with Gasteiger partial charge < -0.3 is 41.7 Å². The highest BCUT2D eigenvalue weighted by Crippen LogP contribution is 2.43. The minimum atomic E-state index is -1.30. The number of aromatic nitrogens is 7. The maximum absolute atomic E-state index is 15.1. The van der Waals surface area contributed by atoms with E-state index in [-0.39, 0.29) is 64.3 Å². The number of hydrogen-bond donors (Lipinski definition) is 7. The number of carbonyl (C=O) groups excluding carboxylic acids is 5. The van der Waals surface area contributed by atoms with Crippen LogP contribution in [0.1, 0.15) is 117 Å². The van der Waals surface area contributed by atoms with Gasteiger partial charge in [-0.15, -0.1) is 68.0 Å². The molecule has 27 heteroatoms. The molecule has 0 aliphatic carbocycles. The van der Waals surface area contributed by atoms with Crippen LogP contribution in [0, 0.1) is 12.8 Å². The summed E-state index contributed by atoms with van der Waals surface area (Å²) in [5, 5.41) is 59.0. The third kappa shape index (κ3) is 11.4. The van der Waals surface area contributed by atoms with E-state index in [9.17, 15) is 44.4 Å². The Balaban J connectivity index is 1.02. The summed E-state index contributed by atoms with van der Waals surface area (Å²) in [5.74, 6) is -5.91. The Morgan fingerprint density at radius 3 is 2.09 bits per heavy atom. The Morgan fingerprint density at radius 2 is 1.35 bits per heavy atom. The number of phenols is 1. The number of carboxylic acid groups (broad SMARTS) is 1. The van der Waals surface area contributed by atoms with Crippen molar-refractivity contribution in [3.05, 3.63) is 147 Å². The first-order valence-electron chi connectivity index (χ1n) is 24.9. The van der Waals surface area contributed by atoms with Crippen LogP contribution in [0.3, 0.4) is 0 Å². The van der Waals surface area contributed by atoms with Crippen molar-refractivity contribution in [2.75, 3.05) is 6.54 Å². The van der Waals surface area contributed by atoms with Crippen LogP contribution in [0.15, 0.2) is 93.6 Å². The number of rotatable bonds is 8. The molecule has 0 spiro atoms. The highest BCUT2D eigenvalue weighted by molar-refractivity contribution is 7.15. The van der Waals surface area contributed by atoms with Gasteiger partial charge in [-0.1, -0.05) is 49.4 Å². The number of aryl methyl sites for hydroxylation is 1. The van der Waals surface area contributed by atoms with Gasteiger partial charge in [0.15, 0.2) is 11.5 Å². The lowest BCUT2D eigenvalue weighted by atomic mass is 9.90. The van der Waals surface area contributed by atoms with Crippen LogP contribution in [-0.4, -0.2) is 114 Å². The molecule has 1 saturated heterocycles. The fourth-order valence-corrected chi connectivity index (χ4v) is 14.9. The summed E-state index contributed by atoms with van der Waals surface area (Å²) in [6, 6.07) is 15.2. The molecule has 412 valence electrons. The van der Waals surface area contributed by atoms with E-state index in [1.54, 1.807) is 72.3 Å². The molecule has 0 radical (unpaired) electrons. The number of ketones is 1. The van der Waals surface area contributed by atoms with Crippen molar-refractivity contribution >= 4 is 103 Å². The molecule has 8 N–H and O–H groups in total. The molecule has 2 aliphatic heterocycles. The van der Waals surface area contributed by atoms with Gasteiger partial charge in [0.25, 0.3) is 11.8 Å². The van der Waals surface area contributed by atoms with Gasteiger partial charge in [-0.25, -0.2) is 39.7 Å². The van der Waals surface area contributed by atoms with Crippen LogP contribution in [-0.2, 0) is 16.0 Å². The largest absolute Gasteiger partial charge is 0.508 e. The topological polar surface area (TPSA) is 327 Å². The lowest BCUT2D eigenvalue weighted by molar-refractivity contribution is -0.134. The fourth-order valence-electron chi connectivity index (χ4n) is 9.55. The van der Waals surface area contributed by atoms with Gasteiger partial charge in [-0.05, 0) is 42.3 Å². The summed E-state index contributed by atoms with van der Waals surface area (Å²) < 4.78 is 0. The number of nitrogens with one attached hydrogen (secondary N) is 2. The zero-order valence-electron chi connectivity index (χ0n) is 42.5. The Hall–Kier alpha value is -7.89. The molecule has 21 nitrogen and oxygen atoms in total. The lowest BCUT2D eigenvalue weighted by Crippen LogP contribution is -2.50. The molecule has 9 aromatic rings. The molecule has 1 fully saturated rings. The van der Waals surface area contributed by atoms with Crippen molar-refractivity contribution in [3.63, 3.8) is 0 Å². The van der Waals surface area contributed by atoms with Crippen molar-refractivity contribution in [1.29, 1.82) is 0 Å². The Bertz CT molecular complexity index is 3890. The molecule has 10 bridgehead atoms. The van der Waals surface area contributed by atoms with E-state index in [0.717, 1.165) is 45.3 Å². The van der Waals surface area contributed by atoms with Crippen LogP contribution in [0.4, 0.5) is 0 Å². The second kappa shape index (κ2) is 22.9. The molecule has 7 atom stereocenters. The number of aliphatic hydroxyl groups excluding tert-OH is 2. The molecule has 0 saturated carbocycles. The first kappa shape index (κ1) is 55.0. The number of aliphatic hydroxyl groups is 2. The zero-order valence-corrected chi connectivity index (χ0v) is 47.3. The quantitative estimate of drug-likeness (QED) is 0.0761. The van der Waals surface area contributed by atoms with Gasteiger partial charge in [0.1, 0.15) is 71.0 Å². The summed E-state index contributed by atoms with van der Waals surface area (Å²) in [7, 11) is 0. The second-order valence-corrected chi connectivity index (χ2v) is 24.7. The maximum atomic E-state index is 15.1. The van der Waals surface area contributed by atoms with Crippen molar-refractivity contribution in [2.24, 2.45) is 11.7 Å². The number of thiazole rings is 6. The number of carbonyl (C=O) groups is 6. The number of fused-ring (bicyclic) bond motifs is 16. The van der Waals surface area contributed by atoms with Crippen molar-refractivity contribution in [2.45, 2.75) is 69.4 Å². The Kier molecular flexibility index (Phi) is 15.6. The van der Waals surface area contributed by atoms with Crippen molar-refractivity contribution in [3.8, 4) is 49.1 Å². The van der Waals surface area contributed by atoms with Crippen LogP contribution in [0.2, 0.25) is 0 Å². The number of aromatic hydroxyl groups is 1. The third-order valence-electron chi connectivity index (χ3n) is 13.7. The van der Waals surface area contributed by atoms with Crippen LogP contribution in [0.5, 0.6) is 5.75 Å². The highest BCUT2D eigenvalue weighted by atomic mass is 32.1. The molecule has 2 aromatic carbocycles. The van der Waals surface area contributed by atoms with Gasteiger partial charge in [0.2, 0.25) is 11.8 Å². The first-order valence-corrected chi connectivity index (χ1v) is 30.1. The Labute approximate surface area is 484 Å². The van der Waals surface area contributed by atoms with Crippen molar-refractivity contribution < 1.29 is 49.2 Å². The average Bonchev–Trinajstić information content (AvgIpc) is 4.47. The number of amides is 4.